The normalized spacial score (nSPS) is 18.9. The van der Waals surface area contributed by atoms with Crippen LogP contribution in [0.2, 0.25) is 0 Å². The molecule has 1 heterocycles. The summed E-state index contributed by atoms with van der Waals surface area (Å²) in [6.45, 7) is 4.82. The molecule has 118 valence electrons. The number of para-hydroxylation sites is 1. The maximum Gasteiger partial charge on any atom is 0.241 e. The first kappa shape index (κ1) is 18.0. The summed E-state index contributed by atoms with van der Waals surface area (Å²) in [7, 11) is 0. The predicted octanol–water partition coefficient (Wildman–Crippen LogP) is 2.27. The molecule has 0 saturated carbocycles. The molecule has 0 radical (unpaired) electrons. The van der Waals surface area contributed by atoms with E-state index < -0.39 is 0 Å². The Hall–Kier alpha value is -1.10. The lowest BCUT2D eigenvalue weighted by Gasteiger charge is -2.35. The van der Waals surface area contributed by atoms with Crippen molar-refractivity contribution in [3.63, 3.8) is 0 Å². The highest BCUT2D eigenvalue weighted by Crippen LogP contribution is 2.18. The summed E-state index contributed by atoms with van der Waals surface area (Å²) < 4.78 is 0. The predicted molar refractivity (Wildman–Crippen MR) is 90.0 cm³/mol. The number of hydrogen-bond donors (Lipinski definition) is 1. The molecule has 0 bridgehead atoms. The van der Waals surface area contributed by atoms with Crippen LogP contribution >= 0.6 is 12.4 Å². The lowest BCUT2D eigenvalue weighted by molar-refractivity contribution is -0.120. The minimum absolute atomic E-state index is 0. The molecule has 1 aromatic carbocycles. The van der Waals surface area contributed by atoms with Gasteiger partial charge in [-0.1, -0.05) is 24.6 Å². The number of piperidine rings is 1. The number of carbonyl (C=O) groups is 1. The van der Waals surface area contributed by atoms with E-state index in [9.17, 15) is 4.79 Å². The number of likely N-dealkylation sites (N-methyl/N-ethyl adjacent to an activating group) is 1. The molecule has 0 aliphatic carbocycles. The van der Waals surface area contributed by atoms with Crippen LogP contribution in [-0.2, 0) is 4.79 Å². The van der Waals surface area contributed by atoms with Gasteiger partial charge in [-0.3, -0.25) is 9.69 Å². The topological polar surface area (TPSA) is 49.6 Å². The van der Waals surface area contributed by atoms with Gasteiger partial charge in [0, 0.05) is 24.8 Å². The molecule has 1 atom stereocenters. The van der Waals surface area contributed by atoms with Gasteiger partial charge in [0.15, 0.2) is 0 Å². The van der Waals surface area contributed by atoms with Crippen LogP contribution in [0.4, 0.5) is 5.69 Å². The van der Waals surface area contributed by atoms with Gasteiger partial charge in [0.2, 0.25) is 5.91 Å². The first-order valence-corrected chi connectivity index (χ1v) is 7.55. The third-order valence-corrected chi connectivity index (χ3v) is 4.04. The summed E-state index contributed by atoms with van der Waals surface area (Å²) in [4.78, 5) is 16.6. The summed E-state index contributed by atoms with van der Waals surface area (Å²) in [5.74, 6) is 0.166. The van der Waals surface area contributed by atoms with Gasteiger partial charge < -0.3 is 10.6 Å². The van der Waals surface area contributed by atoms with Crippen molar-refractivity contribution >= 4 is 24.0 Å². The van der Waals surface area contributed by atoms with Crippen LogP contribution in [0.15, 0.2) is 30.3 Å². The van der Waals surface area contributed by atoms with E-state index in [4.69, 9.17) is 5.73 Å². The van der Waals surface area contributed by atoms with Crippen molar-refractivity contribution in [2.24, 2.45) is 5.73 Å². The SMILES string of the molecule is CCN(C(=O)CN1CCCCC1CN)c1ccccc1.Cl. The number of carbonyl (C=O) groups excluding carboxylic acids is 1. The number of likely N-dealkylation sites (tertiary alicyclic amines) is 1. The standard InChI is InChI=1S/C16H25N3O.ClH/c1-2-19(14-8-4-3-5-9-14)16(20)13-18-11-7-6-10-15(18)12-17;/h3-5,8-9,15H,2,6-7,10-13,17H2,1H3;1H. The van der Waals surface area contributed by atoms with Gasteiger partial charge in [-0.2, -0.15) is 0 Å². The second-order valence-corrected chi connectivity index (χ2v) is 5.33. The fourth-order valence-corrected chi connectivity index (χ4v) is 2.91. The lowest BCUT2D eigenvalue weighted by Crippen LogP contribution is -2.49. The molecule has 1 aromatic rings. The minimum Gasteiger partial charge on any atom is -0.329 e. The van der Waals surface area contributed by atoms with E-state index in [0.29, 0.717) is 25.7 Å². The van der Waals surface area contributed by atoms with Crippen LogP contribution in [0, 0.1) is 0 Å². The molecule has 1 aliphatic rings. The number of hydrogen-bond acceptors (Lipinski definition) is 3. The summed E-state index contributed by atoms with van der Waals surface area (Å²) >= 11 is 0. The molecule has 0 spiro atoms. The van der Waals surface area contributed by atoms with Crippen molar-refractivity contribution in [3.05, 3.63) is 30.3 Å². The van der Waals surface area contributed by atoms with E-state index in [1.54, 1.807) is 0 Å². The quantitative estimate of drug-likeness (QED) is 0.907. The van der Waals surface area contributed by atoms with Crippen LogP contribution in [-0.4, -0.2) is 43.0 Å². The maximum atomic E-state index is 12.5. The van der Waals surface area contributed by atoms with Gasteiger partial charge in [-0.15, -0.1) is 12.4 Å². The van der Waals surface area contributed by atoms with Gasteiger partial charge in [-0.25, -0.2) is 0 Å². The Morgan fingerprint density at radius 1 is 1.33 bits per heavy atom. The largest absolute Gasteiger partial charge is 0.329 e. The van der Waals surface area contributed by atoms with E-state index in [1.807, 2.05) is 42.2 Å². The summed E-state index contributed by atoms with van der Waals surface area (Å²) in [5.41, 5.74) is 6.80. The van der Waals surface area contributed by atoms with Gasteiger partial charge in [0.1, 0.15) is 0 Å². The molecule has 2 rings (SSSR count). The number of rotatable bonds is 5. The van der Waals surface area contributed by atoms with Crippen molar-refractivity contribution in [1.29, 1.82) is 0 Å². The number of halogens is 1. The second kappa shape index (κ2) is 9.03. The number of amides is 1. The van der Waals surface area contributed by atoms with Crippen LogP contribution in [0.1, 0.15) is 26.2 Å². The molecular weight excluding hydrogens is 286 g/mol. The second-order valence-electron chi connectivity index (χ2n) is 5.33. The van der Waals surface area contributed by atoms with Crippen molar-refractivity contribution in [2.75, 3.05) is 31.1 Å². The van der Waals surface area contributed by atoms with E-state index in [2.05, 4.69) is 4.90 Å². The molecule has 1 fully saturated rings. The molecule has 2 N–H and O–H groups in total. The molecule has 1 amide bonds. The Morgan fingerprint density at radius 3 is 2.67 bits per heavy atom. The van der Waals surface area contributed by atoms with Crippen molar-refractivity contribution in [3.8, 4) is 0 Å². The van der Waals surface area contributed by atoms with Crippen LogP contribution in [0.3, 0.4) is 0 Å². The van der Waals surface area contributed by atoms with Crippen molar-refractivity contribution < 1.29 is 4.79 Å². The number of nitrogens with zero attached hydrogens (tertiary/aromatic N) is 2. The van der Waals surface area contributed by atoms with E-state index in [0.717, 1.165) is 18.7 Å². The zero-order valence-electron chi connectivity index (χ0n) is 12.7. The zero-order valence-corrected chi connectivity index (χ0v) is 13.5. The molecule has 0 aromatic heterocycles. The van der Waals surface area contributed by atoms with Gasteiger partial charge in [0.25, 0.3) is 0 Å². The highest BCUT2D eigenvalue weighted by atomic mass is 35.5. The van der Waals surface area contributed by atoms with Crippen molar-refractivity contribution in [2.45, 2.75) is 32.2 Å². The number of benzene rings is 1. The first-order valence-electron chi connectivity index (χ1n) is 7.55. The molecule has 1 aliphatic heterocycles. The zero-order chi connectivity index (χ0) is 14.4. The molecule has 4 nitrogen and oxygen atoms in total. The Balaban J connectivity index is 0.00000220. The third kappa shape index (κ3) is 4.70. The Morgan fingerprint density at radius 2 is 2.05 bits per heavy atom. The Kier molecular flexibility index (Phi) is 7.72. The van der Waals surface area contributed by atoms with Crippen LogP contribution in [0.25, 0.3) is 0 Å². The average Bonchev–Trinajstić information content (AvgIpc) is 2.49. The molecule has 5 heteroatoms. The van der Waals surface area contributed by atoms with E-state index in [1.165, 1.54) is 12.8 Å². The average molecular weight is 312 g/mol. The lowest BCUT2D eigenvalue weighted by atomic mass is 10.0. The molecule has 1 saturated heterocycles. The first-order chi connectivity index (χ1) is 9.76. The fourth-order valence-electron chi connectivity index (χ4n) is 2.91. The van der Waals surface area contributed by atoms with Gasteiger partial charge in [-0.05, 0) is 38.4 Å². The Bertz CT molecular complexity index is 427. The van der Waals surface area contributed by atoms with Crippen LogP contribution < -0.4 is 10.6 Å². The van der Waals surface area contributed by atoms with Gasteiger partial charge in [0.05, 0.1) is 6.54 Å². The molecule has 1 unspecified atom stereocenters. The fraction of sp³-hybridized carbons (Fsp3) is 0.562. The summed E-state index contributed by atoms with van der Waals surface area (Å²) in [6.07, 6.45) is 3.51. The molecular formula is C16H26ClN3O. The van der Waals surface area contributed by atoms with E-state index >= 15 is 0 Å². The highest BCUT2D eigenvalue weighted by Gasteiger charge is 2.25. The minimum atomic E-state index is 0. The third-order valence-electron chi connectivity index (χ3n) is 4.04. The van der Waals surface area contributed by atoms with E-state index in [-0.39, 0.29) is 18.3 Å². The number of nitrogens with two attached hydrogens (primary N) is 1. The summed E-state index contributed by atoms with van der Waals surface area (Å²) in [5, 5.41) is 0. The smallest absolute Gasteiger partial charge is 0.241 e. The summed E-state index contributed by atoms with van der Waals surface area (Å²) in [6, 6.07) is 10.2. The number of anilines is 1. The monoisotopic (exact) mass is 311 g/mol. The van der Waals surface area contributed by atoms with Gasteiger partial charge >= 0.3 is 0 Å². The molecule has 21 heavy (non-hydrogen) atoms. The Labute approximate surface area is 133 Å². The van der Waals surface area contributed by atoms with Crippen LogP contribution in [0.5, 0.6) is 0 Å². The highest BCUT2D eigenvalue weighted by molar-refractivity contribution is 5.94. The maximum absolute atomic E-state index is 12.5. The van der Waals surface area contributed by atoms with Crippen molar-refractivity contribution in [1.82, 2.24) is 4.90 Å².